The summed E-state index contributed by atoms with van der Waals surface area (Å²) in [7, 11) is 0. The van der Waals surface area contributed by atoms with Crippen molar-refractivity contribution < 1.29 is 5.11 Å². The number of fused-ring (bicyclic) bond motifs is 1. The van der Waals surface area contributed by atoms with Gasteiger partial charge in [0, 0.05) is 18.9 Å². The lowest BCUT2D eigenvalue weighted by molar-refractivity contribution is 0.160. The molecule has 0 radical (unpaired) electrons. The van der Waals surface area contributed by atoms with Crippen molar-refractivity contribution in [2.24, 2.45) is 0 Å². The van der Waals surface area contributed by atoms with Gasteiger partial charge in [-0.05, 0) is 0 Å². The highest BCUT2D eigenvalue weighted by atomic mass is 16.3. The van der Waals surface area contributed by atoms with Crippen molar-refractivity contribution in [2.75, 3.05) is 11.9 Å². The number of aromatic nitrogens is 5. The summed E-state index contributed by atoms with van der Waals surface area (Å²) in [5.74, 6) is 1.28. The minimum atomic E-state index is -0.432. The first-order valence-electron chi connectivity index (χ1n) is 4.96. The average molecular weight is 218 g/mol. The molecule has 0 saturated heterocycles. The Morgan fingerprint density at radius 3 is 3.12 bits per heavy atom. The van der Waals surface area contributed by atoms with Gasteiger partial charge in [-0.25, -0.2) is 4.98 Å². The van der Waals surface area contributed by atoms with Gasteiger partial charge in [0.25, 0.3) is 0 Å². The topological polar surface area (TPSA) is 88.8 Å². The molecule has 0 aromatic carbocycles. The van der Waals surface area contributed by atoms with Gasteiger partial charge < -0.3 is 10.4 Å². The van der Waals surface area contributed by atoms with E-state index < -0.39 is 6.10 Å². The minimum Gasteiger partial charge on any atom is -0.389 e. The third-order valence-corrected chi connectivity index (χ3v) is 2.43. The molecule has 1 aliphatic heterocycles. The summed E-state index contributed by atoms with van der Waals surface area (Å²) in [5.41, 5.74) is 0.650. The zero-order valence-corrected chi connectivity index (χ0v) is 8.41. The van der Waals surface area contributed by atoms with Gasteiger partial charge in [0.05, 0.1) is 18.8 Å². The number of aliphatic hydroxyl groups excluding tert-OH is 1. The monoisotopic (exact) mass is 218 g/mol. The van der Waals surface area contributed by atoms with E-state index in [1.54, 1.807) is 23.2 Å². The molecule has 0 saturated carbocycles. The van der Waals surface area contributed by atoms with E-state index in [1.165, 1.54) is 0 Å². The van der Waals surface area contributed by atoms with Crippen molar-refractivity contribution in [3.8, 4) is 11.5 Å². The molecular weight excluding hydrogens is 208 g/mol. The predicted molar refractivity (Wildman–Crippen MR) is 55.5 cm³/mol. The van der Waals surface area contributed by atoms with Crippen molar-refractivity contribution in [1.29, 1.82) is 0 Å². The average Bonchev–Trinajstić information content (AvgIpc) is 2.73. The van der Waals surface area contributed by atoms with Gasteiger partial charge in [-0.3, -0.25) is 9.55 Å². The second kappa shape index (κ2) is 3.53. The summed E-state index contributed by atoms with van der Waals surface area (Å²) in [5, 5.41) is 20.6. The Hall–Kier alpha value is -2.02. The Bertz CT molecular complexity index is 496. The molecule has 2 aromatic heterocycles. The van der Waals surface area contributed by atoms with Crippen molar-refractivity contribution in [3.63, 3.8) is 0 Å². The van der Waals surface area contributed by atoms with E-state index in [4.69, 9.17) is 0 Å². The van der Waals surface area contributed by atoms with Crippen molar-refractivity contribution in [3.05, 3.63) is 18.6 Å². The second-order valence-electron chi connectivity index (χ2n) is 3.58. The van der Waals surface area contributed by atoms with Crippen LogP contribution in [0.15, 0.2) is 18.6 Å². The highest BCUT2D eigenvalue weighted by molar-refractivity contribution is 5.51. The molecule has 82 valence electrons. The maximum Gasteiger partial charge on any atom is 0.225 e. The van der Waals surface area contributed by atoms with Gasteiger partial charge >= 0.3 is 0 Å². The van der Waals surface area contributed by atoms with Gasteiger partial charge in [-0.2, -0.15) is 0 Å². The van der Waals surface area contributed by atoms with Crippen LogP contribution in [0.1, 0.15) is 0 Å². The number of nitrogens with zero attached hydrogens (tertiary/aromatic N) is 5. The van der Waals surface area contributed by atoms with E-state index in [0.29, 0.717) is 30.6 Å². The molecule has 0 aliphatic carbocycles. The summed E-state index contributed by atoms with van der Waals surface area (Å²) in [4.78, 5) is 8.14. The van der Waals surface area contributed by atoms with Crippen molar-refractivity contribution in [1.82, 2.24) is 24.7 Å². The smallest absolute Gasteiger partial charge is 0.225 e. The Morgan fingerprint density at radius 1 is 1.38 bits per heavy atom. The summed E-state index contributed by atoms with van der Waals surface area (Å²) in [6, 6.07) is 0. The highest BCUT2D eigenvalue weighted by Gasteiger charge is 2.21. The Kier molecular flexibility index (Phi) is 2.03. The van der Waals surface area contributed by atoms with E-state index in [0.717, 1.165) is 0 Å². The molecule has 0 amide bonds. The Labute approximate surface area is 91.2 Å². The zero-order chi connectivity index (χ0) is 11.0. The van der Waals surface area contributed by atoms with Crippen LogP contribution in [0.5, 0.6) is 0 Å². The van der Waals surface area contributed by atoms with Crippen LogP contribution < -0.4 is 5.32 Å². The fourth-order valence-corrected chi connectivity index (χ4v) is 1.70. The van der Waals surface area contributed by atoms with Crippen LogP contribution >= 0.6 is 0 Å². The summed E-state index contributed by atoms with van der Waals surface area (Å²) >= 11 is 0. The lowest BCUT2D eigenvalue weighted by Gasteiger charge is -2.21. The Morgan fingerprint density at radius 2 is 2.31 bits per heavy atom. The van der Waals surface area contributed by atoms with E-state index in [-0.39, 0.29) is 0 Å². The SMILES string of the molecule is O[C@H]1CNc2nnc(-c3cnccn3)n2C1. The molecule has 0 bridgehead atoms. The number of hydrogen-bond donors (Lipinski definition) is 2. The molecule has 1 aliphatic rings. The van der Waals surface area contributed by atoms with Gasteiger partial charge in [-0.15, -0.1) is 10.2 Å². The number of hydrogen-bond acceptors (Lipinski definition) is 6. The van der Waals surface area contributed by atoms with Gasteiger partial charge in [0.2, 0.25) is 5.95 Å². The number of anilines is 1. The van der Waals surface area contributed by atoms with E-state index in [1.807, 2.05) is 0 Å². The van der Waals surface area contributed by atoms with Crippen LogP contribution in [-0.4, -0.2) is 42.5 Å². The second-order valence-corrected chi connectivity index (χ2v) is 3.58. The van der Waals surface area contributed by atoms with Crippen LogP contribution in [0.2, 0.25) is 0 Å². The largest absolute Gasteiger partial charge is 0.389 e. The molecule has 3 heterocycles. The van der Waals surface area contributed by atoms with Gasteiger partial charge in [0.1, 0.15) is 5.69 Å². The standard InChI is InChI=1S/C9H10N6O/c16-6-3-12-9-14-13-8(15(9)5-6)7-4-10-1-2-11-7/h1-2,4,6,16H,3,5H2,(H,12,14)/t6-/m0/s1. The lowest BCUT2D eigenvalue weighted by atomic mass is 10.3. The summed E-state index contributed by atoms with van der Waals surface area (Å²) in [6.45, 7) is 0.972. The number of β-amino-alcohol motifs (C(OH)–C–C–N with tert-alkyl or cyclic N) is 1. The third-order valence-electron chi connectivity index (χ3n) is 2.43. The fourth-order valence-electron chi connectivity index (χ4n) is 1.70. The maximum absolute atomic E-state index is 9.57. The van der Waals surface area contributed by atoms with Crippen LogP contribution in [-0.2, 0) is 6.54 Å². The molecule has 2 aromatic rings. The van der Waals surface area contributed by atoms with Gasteiger partial charge in [-0.1, -0.05) is 0 Å². The molecule has 3 rings (SSSR count). The molecule has 7 nitrogen and oxygen atoms in total. The van der Waals surface area contributed by atoms with Crippen LogP contribution in [0.25, 0.3) is 11.5 Å². The van der Waals surface area contributed by atoms with E-state index >= 15 is 0 Å². The maximum atomic E-state index is 9.57. The Balaban J connectivity index is 2.07. The number of aliphatic hydroxyl groups is 1. The molecule has 1 atom stereocenters. The number of rotatable bonds is 1. The summed E-state index contributed by atoms with van der Waals surface area (Å²) in [6.07, 6.45) is 4.39. The number of nitrogens with one attached hydrogen (secondary N) is 1. The zero-order valence-electron chi connectivity index (χ0n) is 8.41. The fraction of sp³-hybridized carbons (Fsp3) is 0.333. The minimum absolute atomic E-state index is 0.432. The van der Waals surface area contributed by atoms with Crippen LogP contribution in [0.3, 0.4) is 0 Å². The molecular formula is C9H10N6O. The first kappa shape index (κ1) is 9.22. The molecule has 0 fully saturated rings. The first-order valence-corrected chi connectivity index (χ1v) is 4.96. The van der Waals surface area contributed by atoms with E-state index in [9.17, 15) is 5.11 Å². The quantitative estimate of drug-likeness (QED) is 0.672. The van der Waals surface area contributed by atoms with Gasteiger partial charge in [0.15, 0.2) is 5.82 Å². The highest BCUT2D eigenvalue weighted by Crippen LogP contribution is 2.20. The molecule has 0 unspecified atom stereocenters. The molecule has 2 N–H and O–H groups in total. The van der Waals surface area contributed by atoms with Crippen molar-refractivity contribution in [2.45, 2.75) is 12.6 Å². The van der Waals surface area contributed by atoms with Crippen molar-refractivity contribution >= 4 is 5.95 Å². The molecule has 7 heteroatoms. The predicted octanol–water partition coefficient (Wildman–Crippen LogP) is -0.479. The molecule has 0 spiro atoms. The normalized spacial score (nSPS) is 18.9. The first-order chi connectivity index (χ1) is 7.84. The molecule has 16 heavy (non-hydrogen) atoms. The third kappa shape index (κ3) is 1.41. The van der Waals surface area contributed by atoms with Crippen LogP contribution in [0.4, 0.5) is 5.95 Å². The van der Waals surface area contributed by atoms with Crippen LogP contribution in [0, 0.1) is 0 Å². The van der Waals surface area contributed by atoms with E-state index in [2.05, 4.69) is 25.5 Å². The summed E-state index contributed by atoms with van der Waals surface area (Å²) < 4.78 is 1.80. The lowest BCUT2D eigenvalue weighted by Crippen LogP contribution is -2.31.